The number of nitrogens with zero attached hydrogens (tertiary/aromatic N) is 4. The first-order chi connectivity index (χ1) is 10.2. The Morgan fingerprint density at radius 3 is 3.10 bits per heavy atom. The van der Waals surface area contributed by atoms with Crippen LogP contribution in [0, 0.1) is 5.92 Å². The molecule has 21 heavy (non-hydrogen) atoms. The Bertz CT molecular complexity index is 653. The van der Waals surface area contributed by atoms with Crippen molar-refractivity contribution in [3.05, 3.63) is 24.2 Å². The fourth-order valence-electron chi connectivity index (χ4n) is 2.67. The summed E-state index contributed by atoms with van der Waals surface area (Å²) in [5, 5.41) is 17.9. The van der Waals surface area contributed by atoms with Gasteiger partial charge in [-0.05, 0) is 17.9 Å². The molecule has 0 radical (unpaired) electrons. The topological polar surface area (TPSA) is 85.6 Å². The third-order valence-electron chi connectivity index (χ3n) is 3.66. The summed E-state index contributed by atoms with van der Waals surface area (Å²) in [4.78, 5) is 16.9. The van der Waals surface area contributed by atoms with Gasteiger partial charge in [0.2, 0.25) is 0 Å². The molecular weight excluding hydrogens is 290 g/mol. The molecule has 1 aliphatic rings. The van der Waals surface area contributed by atoms with Crippen LogP contribution in [-0.4, -0.2) is 51.5 Å². The Kier molecular flexibility index (Phi) is 3.98. The minimum atomic E-state index is -1.20. The van der Waals surface area contributed by atoms with Gasteiger partial charge in [-0.25, -0.2) is 9.50 Å². The maximum Gasteiger partial charge on any atom is 0.137 e. The highest BCUT2D eigenvalue weighted by molar-refractivity contribution is 7.98. The van der Waals surface area contributed by atoms with E-state index in [1.807, 2.05) is 17.0 Å². The maximum atomic E-state index is 10.3. The van der Waals surface area contributed by atoms with E-state index in [9.17, 15) is 9.90 Å². The van der Waals surface area contributed by atoms with Crippen molar-refractivity contribution in [2.45, 2.75) is 11.6 Å². The summed E-state index contributed by atoms with van der Waals surface area (Å²) in [6, 6.07) is 2.07. The van der Waals surface area contributed by atoms with Crippen LogP contribution in [0.1, 0.15) is 5.56 Å². The molecule has 2 aromatic heterocycles. The van der Waals surface area contributed by atoms with Gasteiger partial charge in [-0.15, -0.1) is 11.8 Å². The standard InChI is InChI=1S/C13H17N5O2S/c1-21-12-11-10(2-3-18(11)16-8-15-12)7-17-5-9(6-17)4-14-13(19)20/h2-3,8-9,14H,4-7H2,1H3,(H,19,20)/p-1. The van der Waals surface area contributed by atoms with Gasteiger partial charge in [0.05, 0.1) is 0 Å². The molecule has 0 spiro atoms. The number of carboxylic acid groups (broad SMARTS) is 1. The first-order valence-electron chi connectivity index (χ1n) is 6.69. The maximum absolute atomic E-state index is 10.3. The number of hydrogen-bond acceptors (Lipinski definition) is 6. The lowest BCUT2D eigenvalue weighted by Crippen LogP contribution is -2.52. The molecule has 0 bridgehead atoms. The van der Waals surface area contributed by atoms with Crippen molar-refractivity contribution in [2.75, 3.05) is 25.9 Å². The first-order valence-corrected chi connectivity index (χ1v) is 7.92. The lowest BCUT2D eigenvalue weighted by Gasteiger charge is -2.39. The van der Waals surface area contributed by atoms with Crippen molar-refractivity contribution in [3.8, 4) is 0 Å². The third kappa shape index (κ3) is 2.96. The van der Waals surface area contributed by atoms with Gasteiger partial charge >= 0.3 is 0 Å². The quantitative estimate of drug-likeness (QED) is 0.771. The third-order valence-corrected chi connectivity index (χ3v) is 4.34. The summed E-state index contributed by atoms with van der Waals surface area (Å²) in [6.45, 7) is 3.08. The normalized spacial score (nSPS) is 16.0. The van der Waals surface area contributed by atoms with E-state index < -0.39 is 6.09 Å². The zero-order chi connectivity index (χ0) is 14.8. The molecule has 1 amide bonds. The number of aromatic nitrogens is 3. The van der Waals surface area contributed by atoms with Crippen molar-refractivity contribution in [3.63, 3.8) is 0 Å². The summed E-state index contributed by atoms with van der Waals surface area (Å²) >= 11 is 1.61. The molecule has 1 aliphatic heterocycles. The number of carbonyl (C=O) groups is 1. The minimum absolute atomic E-state index is 0.369. The van der Waals surface area contributed by atoms with Crippen molar-refractivity contribution in [2.24, 2.45) is 5.92 Å². The van der Waals surface area contributed by atoms with Crippen molar-refractivity contribution in [1.82, 2.24) is 24.8 Å². The van der Waals surface area contributed by atoms with Crippen LogP contribution in [0.4, 0.5) is 4.79 Å². The molecule has 1 fully saturated rings. The summed E-state index contributed by atoms with van der Waals surface area (Å²) in [6.07, 6.45) is 4.31. The van der Waals surface area contributed by atoms with Crippen LogP contribution < -0.4 is 10.4 Å². The van der Waals surface area contributed by atoms with Gasteiger partial charge in [0.15, 0.2) is 0 Å². The zero-order valence-corrected chi connectivity index (χ0v) is 12.5. The van der Waals surface area contributed by atoms with Crippen molar-refractivity contribution >= 4 is 23.4 Å². The van der Waals surface area contributed by atoms with E-state index in [0.717, 1.165) is 30.2 Å². The average molecular weight is 306 g/mol. The Balaban J connectivity index is 1.63. The number of likely N-dealkylation sites (tertiary alicyclic amines) is 1. The van der Waals surface area contributed by atoms with Gasteiger partial charge in [0.25, 0.3) is 0 Å². The Morgan fingerprint density at radius 1 is 1.57 bits per heavy atom. The van der Waals surface area contributed by atoms with Crippen molar-refractivity contribution in [1.29, 1.82) is 0 Å². The van der Waals surface area contributed by atoms with E-state index in [1.54, 1.807) is 18.1 Å². The van der Waals surface area contributed by atoms with E-state index in [-0.39, 0.29) is 0 Å². The molecule has 3 rings (SSSR count). The Morgan fingerprint density at radius 2 is 2.38 bits per heavy atom. The van der Waals surface area contributed by atoms with Gasteiger partial charge in [-0.1, -0.05) is 0 Å². The molecular formula is C13H16N5O2S-. The molecule has 0 aromatic carbocycles. The van der Waals surface area contributed by atoms with Crippen LogP contribution in [0.2, 0.25) is 0 Å². The molecule has 8 heteroatoms. The fraction of sp³-hybridized carbons (Fsp3) is 0.462. The summed E-state index contributed by atoms with van der Waals surface area (Å²) < 4.78 is 1.85. The lowest BCUT2D eigenvalue weighted by atomic mass is 9.99. The first kappa shape index (κ1) is 14.2. The molecule has 2 aromatic rings. The fourth-order valence-corrected chi connectivity index (χ4v) is 3.24. The second-order valence-electron chi connectivity index (χ2n) is 5.13. The number of thioether (sulfide) groups is 1. The highest BCUT2D eigenvalue weighted by Gasteiger charge is 2.27. The van der Waals surface area contributed by atoms with Crippen LogP contribution in [-0.2, 0) is 6.54 Å². The molecule has 7 nitrogen and oxygen atoms in total. The SMILES string of the molecule is CSc1ncnn2ccc(CN3CC(CNC(=O)[O-])C3)c12. The van der Waals surface area contributed by atoms with Crippen LogP contribution >= 0.6 is 11.8 Å². The number of carbonyl (C=O) groups excluding carboxylic acids is 1. The number of rotatable bonds is 5. The number of amides is 1. The van der Waals surface area contributed by atoms with E-state index in [1.165, 1.54) is 5.56 Å². The molecule has 0 unspecified atom stereocenters. The molecule has 112 valence electrons. The smallest absolute Gasteiger partial charge is 0.137 e. The van der Waals surface area contributed by atoms with Crippen LogP contribution in [0.15, 0.2) is 23.6 Å². The number of fused-ring (bicyclic) bond motifs is 1. The largest absolute Gasteiger partial charge is 0.530 e. The van der Waals surface area contributed by atoms with Crippen LogP contribution in [0.3, 0.4) is 0 Å². The van der Waals surface area contributed by atoms with Crippen LogP contribution in [0.5, 0.6) is 0 Å². The Labute approximate surface area is 126 Å². The molecule has 3 heterocycles. The van der Waals surface area contributed by atoms with Gasteiger partial charge in [-0.3, -0.25) is 4.90 Å². The van der Waals surface area contributed by atoms with Gasteiger partial charge in [0.1, 0.15) is 23.0 Å². The van der Waals surface area contributed by atoms with Crippen molar-refractivity contribution < 1.29 is 9.90 Å². The van der Waals surface area contributed by atoms with E-state index in [4.69, 9.17) is 0 Å². The minimum Gasteiger partial charge on any atom is -0.530 e. The molecule has 0 atom stereocenters. The second-order valence-corrected chi connectivity index (χ2v) is 5.93. The number of hydrogen-bond donors (Lipinski definition) is 1. The second kappa shape index (κ2) is 5.90. The zero-order valence-electron chi connectivity index (χ0n) is 11.7. The van der Waals surface area contributed by atoms with E-state index in [0.29, 0.717) is 12.5 Å². The Hall–Kier alpha value is -1.80. The summed E-state index contributed by atoms with van der Waals surface area (Å²) in [5.74, 6) is 0.369. The highest BCUT2D eigenvalue weighted by atomic mass is 32.2. The predicted octanol–water partition coefficient (Wildman–Crippen LogP) is -0.184. The van der Waals surface area contributed by atoms with Crippen LogP contribution in [0.25, 0.3) is 5.52 Å². The lowest BCUT2D eigenvalue weighted by molar-refractivity contribution is -0.251. The summed E-state index contributed by atoms with van der Waals surface area (Å²) in [5.41, 5.74) is 2.26. The monoisotopic (exact) mass is 306 g/mol. The molecule has 0 aliphatic carbocycles. The molecule has 1 saturated heterocycles. The molecule has 1 N–H and O–H groups in total. The number of nitrogens with one attached hydrogen (secondary N) is 1. The highest BCUT2D eigenvalue weighted by Crippen LogP contribution is 2.25. The van der Waals surface area contributed by atoms with Gasteiger partial charge in [0, 0.05) is 38.3 Å². The van der Waals surface area contributed by atoms with Gasteiger partial charge < -0.3 is 15.2 Å². The average Bonchev–Trinajstić information content (AvgIpc) is 2.84. The predicted molar refractivity (Wildman–Crippen MR) is 76.9 cm³/mol. The van der Waals surface area contributed by atoms with E-state index in [2.05, 4.69) is 26.4 Å². The van der Waals surface area contributed by atoms with Gasteiger partial charge in [-0.2, -0.15) is 5.10 Å². The molecule has 0 saturated carbocycles. The van der Waals surface area contributed by atoms with E-state index >= 15 is 0 Å². The summed E-state index contributed by atoms with van der Waals surface area (Å²) in [7, 11) is 0.